The van der Waals surface area contributed by atoms with E-state index in [4.69, 9.17) is 11.6 Å². The molecule has 0 aliphatic heterocycles. The van der Waals surface area contributed by atoms with Crippen LogP contribution in [0.1, 0.15) is 28.4 Å². The molecule has 1 aromatic heterocycles. The number of amides is 1. The van der Waals surface area contributed by atoms with Crippen molar-refractivity contribution < 1.29 is 4.79 Å². The van der Waals surface area contributed by atoms with Gasteiger partial charge in [-0.25, -0.2) is 0 Å². The molecule has 1 amide bonds. The van der Waals surface area contributed by atoms with Crippen LogP contribution in [0.2, 0.25) is 5.02 Å². The van der Waals surface area contributed by atoms with E-state index in [2.05, 4.69) is 5.32 Å². The summed E-state index contributed by atoms with van der Waals surface area (Å²) in [7, 11) is 0. The number of aryl methyl sites for hydroxylation is 1. The van der Waals surface area contributed by atoms with Crippen molar-refractivity contribution in [2.24, 2.45) is 0 Å². The topological polar surface area (TPSA) is 73.1 Å². The predicted molar refractivity (Wildman–Crippen MR) is 126 cm³/mol. The van der Waals surface area contributed by atoms with Crippen LogP contribution >= 0.6 is 11.6 Å². The highest BCUT2D eigenvalue weighted by atomic mass is 35.5. The highest BCUT2D eigenvalue weighted by Gasteiger charge is 2.13. The minimum Gasteiger partial charge on any atom is -0.348 e. The predicted octanol–water partition coefficient (Wildman–Crippen LogP) is 3.81. The molecule has 6 nitrogen and oxygen atoms in total. The van der Waals surface area contributed by atoms with Crippen molar-refractivity contribution >= 4 is 28.5 Å². The molecule has 3 aromatic carbocycles. The molecule has 4 aromatic rings. The first-order valence-electron chi connectivity index (χ1n) is 10.3. The van der Waals surface area contributed by atoms with Crippen LogP contribution in [0, 0.1) is 0 Å². The Balaban J connectivity index is 1.54. The van der Waals surface area contributed by atoms with Gasteiger partial charge in [0, 0.05) is 23.7 Å². The Morgan fingerprint density at radius 3 is 2.00 bits per heavy atom. The molecule has 0 aliphatic rings. The number of benzene rings is 3. The quantitative estimate of drug-likeness (QED) is 0.457. The molecule has 0 spiro atoms. The molecule has 4 rings (SSSR count). The smallest absolute Gasteiger partial charge is 0.317 e. The van der Waals surface area contributed by atoms with Gasteiger partial charge in [0.2, 0.25) is 0 Å². The molecule has 0 bridgehead atoms. The summed E-state index contributed by atoms with van der Waals surface area (Å²) in [6, 6.07) is 21.7. The maximum atomic E-state index is 12.7. The summed E-state index contributed by atoms with van der Waals surface area (Å²) in [6.07, 6.45) is 0. The molecule has 7 heteroatoms. The van der Waals surface area contributed by atoms with E-state index in [1.54, 1.807) is 36.4 Å². The zero-order valence-electron chi connectivity index (χ0n) is 17.5. The van der Waals surface area contributed by atoms with Crippen LogP contribution in [-0.2, 0) is 19.6 Å². The van der Waals surface area contributed by atoms with Crippen molar-refractivity contribution in [1.82, 2.24) is 14.5 Å². The molecule has 0 radical (unpaired) electrons. The molecule has 32 heavy (non-hydrogen) atoms. The number of hydrogen-bond donors (Lipinski definition) is 1. The lowest BCUT2D eigenvalue weighted by molar-refractivity contribution is 0.0951. The van der Waals surface area contributed by atoms with Gasteiger partial charge in [0.25, 0.3) is 5.91 Å². The van der Waals surface area contributed by atoms with E-state index in [0.717, 1.165) is 16.6 Å². The highest BCUT2D eigenvalue weighted by molar-refractivity contribution is 6.30. The molecule has 0 saturated carbocycles. The fourth-order valence-corrected chi connectivity index (χ4v) is 3.80. The van der Waals surface area contributed by atoms with E-state index < -0.39 is 11.1 Å². The lowest BCUT2D eigenvalue weighted by Gasteiger charge is -2.14. The van der Waals surface area contributed by atoms with Crippen LogP contribution in [0.25, 0.3) is 11.0 Å². The van der Waals surface area contributed by atoms with Crippen molar-refractivity contribution in [2.45, 2.75) is 26.6 Å². The Hall–Kier alpha value is -3.64. The zero-order valence-corrected chi connectivity index (χ0v) is 18.3. The second-order valence-corrected chi connectivity index (χ2v) is 7.87. The van der Waals surface area contributed by atoms with Gasteiger partial charge in [0.05, 0.1) is 17.6 Å². The maximum Gasteiger partial charge on any atom is 0.317 e. The number of nitrogens with one attached hydrogen (secondary N) is 1. The summed E-state index contributed by atoms with van der Waals surface area (Å²) >= 11 is 5.88. The van der Waals surface area contributed by atoms with Gasteiger partial charge in [-0.15, -0.1) is 0 Å². The van der Waals surface area contributed by atoms with E-state index in [0.29, 0.717) is 29.2 Å². The van der Waals surface area contributed by atoms with Gasteiger partial charge >= 0.3 is 11.1 Å². The van der Waals surface area contributed by atoms with E-state index in [1.807, 2.05) is 43.3 Å². The molecule has 162 valence electrons. The number of fused-ring (bicyclic) bond motifs is 1. The van der Waals surface area contributed by atoms with Gasteiger partial charge in [-0.2, -0.15) is 0 Å². The minimum absolute atomic E-state index is 0.195. The Morgan fingerprint density at radius 2 is 1.38 bits per heavy atom. The Bertz CT molecular complexity index is 1390. The molecule has 0 saturated heterocycles. The second kappa shape index (κ2) is 9.24. The van der Waals surface area contributed by atoms with Crippen LogP contribution in [0.15, 0.2) is 82.4 Å². The third-order valence-electron chi connectivity index (χ3n) is 5.38. The SMILES string of the molecule is CCn1c(=O)c(=O)n(Cc2ccc(C(=O)NCc3ccc(Cl)cc3)cc2)c2ccccc21. The number of hydrogen-bond acceptors (Lipinski definition) is 3. The third-order valence-corrected chi connectivity index (χ3v) is 5.63. The molecule has 0 unspecified atom stereocenters. The molecule has 0 atom stereocenters. The summed E-state index contributed by atoms with van der Waals surface area (Å²) in [6.45, 7) is 2.91. The molecule has 1 N–H and O–H groups in total. The first-order chi connectivity index (χ1) is 15.5. The number of halogens is 1. The molecule has 0 fully saturated rings. The van der Waals surface area contributed by atoms with Crippen LogP contribution in [0.3, 0.4) is 0 Å². The van der Waals surface area contributed by atoms with Crippen molar-refractivity contribution in [3.05, 3.63) is 115 Å². The number of carbonyl (C=O) groups is 1. The fraction of sp³-hybridized carbons (Fsp3) is 0.160. The summed E-state index contributed by atoms with van der Waals surface area (Å²) in [5.41, 5.74) is 2.61. The number of carbonyl (C=O) groups excluding carboxylic acids is 1. The first kappa shape index (κ1) is 21.6. The Morgan fingerprint density at radius 1 is 0.812 bits per heavy atom. The summed E-state index contributed by atoms with van der Waals surface area (Å²) < 4.78 is 2.97. The average Bonchev–Trinajstić information content (AvgIpc) is 2.82. The number of para-hydroxylation sites is 2. The Labute approximate surface area is 189 Å². The fourth-order valence-electron chi connectivity index (χ4n) is 3.67. The van der Waals surface area contributed by atoms with Gasteiger partial charge in [-0.3, -0.25) is 19.0 Å². The molecular weight excluding hydrogens is 426 g/mol. The second-order valence-electron chi connectivity index (χ2n) is 7.44. The van der Waals surface area contributed by atoms with Crippen molar-refractivity contribution in [2.75, 3.05) is 0 Å². The molecule has 1 heterocycles. The first-order valence-corrected chi connectivity index (χ1v) is 10.7. The van der Waals surface area contributed by atoms with E-state index in [9.17, 15) is 14.4 Å². The van der Waals surface area contributed by atoms with Crippen LogP contribution < -0.4 is 16.4 Å². The van der Waals surface area contributed by atoms with E-state index in [-0.39, 0.29) is 12.5 Å². The Kier molecular flexibility index (Phi) is 6.23. The van der Waals surface area contributed by atoms with Gasteiger partial charge in [-0.1, -0.05) is 48.0 Å². The maximum absolute atomic E-state index is 12.7. The van der Waals surface area contributed by atoms with Crippen LogP contribution in [0.5, 0.6) is 0 Å². The van der Waals surface area contributed by atoms with Gasteiger partial charge < -0.3 is 9.88 Å². The van der Waals surface area contributed by atoms with Crippen LogP contribution in [-0.4, -0.2) is 15.0 Å². The van der Waals surface area contributed by atoms with Gasteiger partial charge in [0.15, 0.2) is 0 Å². The molecule has 0 aliphatic carbocycles. The van der Waals surface area contributed by atoms with Crippen molar-refractivity contribution in [3.63, 3.8) is 0 Å². The van der Waals surface area contributed by atoms with E-state index >= 15 is 0 Å². The normalized spacial score (nSPS) is 10.9. The number of nitrogens with zero attached hydrogens (tertiary/aromatic N) is 2. The number of aromatic nitrogens is 2. The lowest BCUT2D eigenvalue weighted by Crippen LogP contribution is -2.41. The average molecular weight is 448 g/mol. The highest BCUT2D eigenvalue weighted by Crippen LogP contribution is 2.14. The monoisotopic (exact) mass is 447 g/mol. The summed E-state index contributed by atoms with van der Waals surface area (Å²) in [4.78, 5) is 37.7. The van der Waals surface area contributed by atoms with Crippen LogP contribution in [0.4, 0.5) is 0 Å². The standard InChI is InChI=1S/C25H22ClN3O3/c1-2-28-21-5-3-4-6-22(21)29(25(32)24(28)31)16-18-7-11-19(12-8-18)23(30)27-15-17-9-13-20(26)14-10-17/h3-14H,2,15-16H2,1H3,(H,27,30). The number of rotatable bonds is 6. The summed E-state index contributed by atoms with van der Waals surface area (Å²) in [5, 5.41) is 3.52. The third kappa shape index (κ3) is 4.36. The van der Waals surface area contributed by atoms with Gasteiger partial charge in [0.1, 0.15) is 0 Å². The van der Waals surface area contributed by atoms with Crippen molar-refractivity contribution in [1.29, 1.82) is 0 Å². The zero-order chi connectivity index (χ0) is 22.7. The summed E-state index contributed by atoms with van der Waals surface area (Å²) in [5.74, 6) is -0.195. The minimum atomic E-state index is -0.560. The van der Waals surface area contributed by atoms with Crippen molar-refractivity contribution in [3.8, 4) is 0 Å². The molecular formula is C25H22ClN3O3. The van der Waals surface area contributed by atoms with E-state index in [1.165, 1.54) is 9.13 Å². The largest absolute Gasteiger partial charge is 0.348 e. The van der Waals surface area contributed by atoms with Gasteiger partial charge in [-0.05, 0) is 54.4 Å². The lowest BCUT2D eigenvalue weighted by atomic mass is 10.1.